The maximum absolute atomic E-state index is 4.93. The minimum absolute atomic E-state index is 0.202. The van der Waals surface area contributed by atoms with Crippen LogP contribution >= 0.6 is 17.0 Å². The van der Waals surface area contributed by atoms with Gasteiger partial charge in [0, 0.05) is 9.52 Å². The van der Waals surface area contributed by atoms with Crippen LogP contribution in [0.3, 0.4) is 0 Å². The third-order valence-electron chi connectivity index (χ3n) is 9.23. The van der Waals surface area contributed by atoms with Crippen LogP contribution in [-0.2, 0) is 32.7 Å². The molecule has 0 spiro atoms. The molecule has 0 saturated heterocycles. The maximum atomic E-state index is 4.93. The zero-order valence-electron chi connectivity index (χ0n) is 31.9. The molecule has 0 bridgehead atoms. The molecule has 0 fully saturated rings. The molecule has 6 aromatic carbocycles. The summed E-state index contributed by atoms with van der Waals surface area (Å²) in [6, 6.07) is 40.8. The van der Waals surface area contributed by atoms with Gasteiger partial charge in [0.05, 0.1) is 0 Å². The monoisotopic (exact) mass is 796 g/mol. The first-order valence-corrected chi connectivity index (χ1v) is 26.4. The second-order valence-electron chi connectivity index (χ2n) is 14.5. The van der Waals surface area contributed by atoms with Gasteiger partial charge in [0.2, 0.25) is 0 Å². The molecule has 262 valence electrons. The minimum atomic E-state index is -0.826. The van der Waals surface area contributed by atoms with Crippen LogP contribution < -0.4 is 0 Å². The van der Waals surface area contributed by atoms with Gasteiger partial charge in [0.25, 0.3) is 0 Å². The number of benzene rings is 4. The van der Waals surface area contributed by atoms with E-state index in [1.165, 1.54) is 78.9 Å². The van der Waals surface area contributed by atoms with Gasteiger partial charge in [-0.25, -0.2) is 0 Å². The molecule has 0 heterocycles. The fourth-order valence-electron chi connectivity index (χ4n) is 6.34. The zero-order valence-corrected chi connectivity index (χ0v) is 36.9. The van der Waals surface area contributed by atoms with Crippen molar-refractivity contribution in [3.63, 3.8) is 0 Å². The number of fused-ring (bicyclic) bond motifs is 2. The molecule has 6 aromatic rings. The Bertz CT molecular complexity index is 1850. The van der Waals surface area contributed by atoms with Crippen LogP contribution in [0, 0.1) is 0 Å². The van der Waals surface area contributed by atoms with Crippen LogP contribution in [0.5, 0.6) is 0 Å². The van der Waals surface area contributed by atoms with Gasteiger partial charge in [-0.3, -0.25) is 0 Å². The number of halogens is 2. The molecule has 0 amide bonds. The molecule has 6 rings (SSSR count). The summed E-state index contributed by atoms with van der Waals surface area (Å²) in [4.78, 5) is 0. The van der Waals surface area contributed by atoms with Crippen molar-refractivity contribution in [2.75, 3.05) is 0 Å². The molecule has 0 aliphatic carbocycles. The van der Waals surface area contributed by atoms with E-state index >= 15 is 0 Å². The molecule has 0 aliphatic heterocycles. The summed E-state index contributed by atoms with van der Waals surface area (Å²) in [6.07, 6.45) is 3.59. The van der Waals surface area contributed by atoms with Crippen LogP contribution in [0.1, 0.15) is 102 Å². The SMILES string of the molecule is CCCC(C)c1cc2c(-c3ccc(C(C)(C)C)cc3)cccc2[cH-]1.CCc1cc2c(-c3ccc(C(C)C)cc3)cccc2[cH-]1.C[Si]C.[Cl][Zr+2][Cl]. The Morgan fingerprint density at radius 2 is 1.18 bits per heavy atom. The van der Waals surface area contributed by atoms with Crippen LogP contribution in [0.2, 0.25) is 13.1 Å². The molecular formula is C46H56Cl2SiZr. The van der Waals surface area contributed by atoms with E-state index in [1.807, 2.05) is 0 Å². The zero-order chi connectivity index (χ0) is 36.8. The first-order chi connectivity index (χ1) is 23.9. The molecule has 0 aromatic heterocycles. The van der Waals surface area contributed by atoms with E-state index in [2.05, 4.69) is 178 Å². The average Bonchev–Trinajstić information content (AvgIpc) is 3.74. The van der Waals surface area contributed by atoms with E-state index in [9.17, 15) is 0 Å². The molecule has 50 heavy (non-hydrogen) atoms. The van der Waals surface area contributed by atoms with Gasteiger partial charge >= 0.3 is 37.9 Å². The Hall–Kier alpha value is -2.22. The fourth-order valence-corrected chi connectivity index (χ4v) is 6.34. The fraction of sp³-hybridized carbons (Fsp3) is 0.348. The molecule has 0 saturated carbocycles. The van der Waals surface area contributed by atoms with Crippen LogP contribution in [0.4, 0.5) is 0 Å². The number of hydrogen-bond acceptors (Lipinski definition) is 0. The van der Waals surface area contributed by atoms with Gasteiger partial charge < -0.3 is 0 Å². The Morgan fingerprint density at radius 1 is 0.700 bits per heavy atom. The Kier molecular flexibility index (Phi) is 17.5. The molecule has 0 nitrogen and oxygen atoms in total. The first kappa shape index (κ1) is 42.2. The summed E-state index contributed by atoms with van der Waals surface area (Å²) < 4.78 is 0. The summed E-state index contributed by atoms with van der Waals surface area (Å²) in [6.45, 7) is 22.4. The number of rotatable bonds is 7. The van der Waals surface area contributed by atoms with Crippen molar-refractivity contribution in [3.8, 4) is 22.3 Å². The van der Waals surface area contributed by atoms with Crippen molar-refractivity contribution in [2.24, 2.45) is 0 Å². The second-order valence-corrected chi connectivity index (χ2v) is 19.2. The molecule has 0 aliphatic rings. The first-order valence-electron chi connectivity index (χ1n) is 18.1. The van der Waals surface area contributed by atoms with Crippen LogP contribution in [-0.4, -0.2) is 9.52 Å². The van der Waals surface area contributed by atoms with Crippen LogP contribution in [0.15, 0.2) is 109 Å². The third-order valence-corrected chi connectivity index (χ3v) is 9.23. The van der Waals surface area contributed by atoms with Gasteiger partial charge in [-0.2, -0.15) is 12.1 Å². The molecule has 2 radical (unpaired) electrons. The summed E-state index contributed by atoms with van der Waals surface area (Å²) >= 11 is -0.826. The predicted molar refractivity (Wildman–Crippen MR) is 225 cm³/mol. The number of aryl methyl sites for hydroxylation is 1. The molecule has 0 N–H and O–H groups in total. The van der Waals surface area contributed by atoms with E-state index in [0.29, 0.717) is 11.8 Å². The molecule has 4 heteroatoms. The third kappa shape index (κ3) is 11.6. The predicted octanol–water partition coefficient (Wildman–Crippen LogP) is 15.5. The molecule has 1 atom stereocenters. The van der Waals surface area contributed by atoms with Crippen molar-refractivity contribution in [2.45, 2.75) is 105 Å². The summed E-state index contributed by atoms with van der Waals surface area (Å²) in [5.41, 5.74) is 11.2. The van der Waals surface area contributed by atoms with E-state index in [-0.39, 0.29) is 5.41 Å². The van der Waals surface area contributed by atoms with Gasteiger partial charge in [-0.05, 0) is 52.3 Å². The van der Waals surface area contributed by atoms with Gasteiger partial charge in [-0.15, -0.1) is 69.1 Å². The summed E-state index contributed by atoms with van der Waals surface area (Å²) in [5, 5.41) is 5.48. The van der Waals surface area contributed by atoms with Crippen molar-refractivity contribution in [1.82, 2.24) is 0 Å². The topological polar surface area (TPSA) is 0 Å². The van der Waals surface area contributed by atoms with Crippen molar-refractivity contribution < 1.29 is 20.8 Å². The van der Waals surface area contributed by atoms with E-state index < -0.39 is 20.8 Å². The van der Waals surface area contributed by atoms with Gasteiger partial charge in [0.15, 0.2) is 0 Å². The Labute approximate surface area is 325 Å². The van der Waals surface area contributed by atoms with Crippen molar-refractivity contribution in [1.29, 1.82) is 0 Å². The normalized spacial score (nSPS) is 11.5. The Morgan fingerprint density at radius 3 is 1.64 bits per heavy atom. The quantitative estimate of drug-likeness (QED) is 0.111. The van der Waals surface area contributed by atoms with Crippen LogP contribution in [0.25, 0.3) is 43.8 Å². The Balaban J connectivity index is 0.000000236. The molecular weight excluding hydrogens is 743 g/mol. The van der Waals surface area contributed by atoms with Gasteiger partial charge in [-0.1, -0.05) is 147 Å². The van der Waals surface area contributed by atoms with Crippen molar-refractivity contribution in [3.05, 3.63) is 131 Å². The van der Waals surface area contributed by atoms with Crippen molar-refractivity contribution >= 4 is 48.1 Å². The standard InChI is InChI=1S/C24H29.C20H21.C2H6Si.2ClH.Zr/c1-6-8-17(2)20-15-19-9-7-10-22(23(19)16-20)18-11-13-21(14-12-18)24(3,4)5;1-4-15-12-18-6-5-7-19(20(18)13-15)17-10-8-16(9-11-17)14(2)3;1-3-2;;;/h7,9-17H,6,8H2,1-5H3;5-14H,4H2,1-3H3;1-2H3;2*1H;/q2*-1;;;;+4/p-2. The van der Waals surface area contributed by atoms with Gasteiger partial charge in [0.1, 0.15) is 0 Å². The number of hydrogen-bond donors (Lipinski definition) is 0. The van der Waals surface area contributed by atoms with E-state index in [4.69, 9.17) is 17.0 Å². The second kappa shape index (κ2) is 20.7. The van der Waals surface area contributed by atoms with E-state index in [0.717, 1.165) is 15.9 Å². The average molecular weight is 799 g/mol. The summed E-state index contributed by atoms with van der Waals surface area (Å²) in [5.74, 6) is 1.23. The summed E-state index contributed by atoms with van der Waals surface area (Å²) in [7, 11) is 11.0. The van der Waals surface area contributed by atoms with E-state index in [1.54, 1.807) is 0 Å². The molecule has 1 unspecified atom stereocenters.